The minimum atomic E-state index is -0.369. The van der Waals surface area contributed by atoms with E-state index >= 15 is 0 Å². The number of aryl methyl sites for hydroxylation is 1. The Morgan fingerprint density at radius 2 is 2.09 bits per heavy atom. The number of rotatable bonds is 3. The van der Waals surface area contributed by atoms with Crippen LogP contribution in [0.3, 0.4) is 0 Å². The van der Waals surface area contributed by atoms with Crippen LogP contribution >= 0.6 is 0 Å². The summed E-state index contributed by atoms with van der Waals surface area (Å²) < 4.78 is 5.76. The maximum absolute atomic E-state index is 12.9. The Hall–Kier alpha value is -2.30. The number of hydrogen-bond donors (Lipinski definition) is 1. The number of benzene rings is 1. The van der Waals surface area contributed by atoms with Crippen LogP contribution in [-0.2, 0) is 4.79 Å². The van der Waals surface area contributed by atoms with Gasteiger partial charge in [0.2, 0.25) is 5.91 Å². The van der Waals surface area contributed by atoms with Crippen molar-refractivity contribution in [2.24, 2.45) is 5.73 Å². The van der Waals surface area contributed by atoms with Crippen molar-refractivity contribution in [1.29, 1.82) is 0 Å². The van der Waals surface area contributed by atoms with Gasteiger partial charge in [0.05, 0.1) is 0 Å². The molecular formula is C17H20N2O3. The highest BCUT2D eigenvalue weighted by Gasteiger charge is 2.31. The zero-order valence-corrected chi connectivity index (χ0v) is 12.7. The number of nitrogens with two attached hydrogens (primary N) is 1. The van der Waals surface area contributed by atoms with Gasteiger partial charge in [0, 0.05) is 30.0 Å². The largest absolute Gasteiger partial charge is 0.451 e. The second-order valence-electron chi connectivity index (χ2n) is 5.87. The fourth-order valence-electron chi connectivity index (χ4n) is 3.22. The SMILES string of the molecule is Cc1c(C(=O)N2CCCCC2CC(N)=O)oc2ccccc12. The minimum Gasteiger partial charge on any atom is -0.451 e. The molecule has 0 saturated carbocycles. The van der Waals surface area contributed by atoms with E-state index in [1.54, 1.807) is 4.90 Å². The molecule has 1 saturated heterocycles. The maximum Gasteiger partial charge on any atom is 0.290 e. The van der Waals surface area contributed by atoms with Crippen LogP contribution in [0, 0.1) is 6.92 Å². The predicted molar refractivity (Wildman–Crippen MR) is 83.4 cm³/mol. The molecule has 0 bridgehead atoms. The number of para-hydroxylation sites is 1. The summed E-state index contributed by atoms with van der Waals surface area (Å²) in [5.41, 5.74) is 6.88. The van der Waals surface area contributed by atoms with Gasteiger partial charge in [-0.05, 0) is 32.3 Å². The molecule has 5 heteroatoms. The van der Waals surface area contributed by atoms with Crippen molar-refractivity contribution in [3.05, 3.63) is 35.6 Å². The van der Waals surface area contributed by atoms with E-state index in [1.807, 2.05) is 31.2 Å². The molecule has 1 aliphatic heterocycles. The van der Waals surface area contributed by atoms with Crippen molar-refractivity contribution >= 4 is 22.8 Å². The lowest BCUT2D eigenvalue weighted by Gasteiger charge is -2.34. The molecule has 2 aromatic rings. The lowest BCUT2D eigenvalue weighted by atomic mass is 9.98. The zero-order chi connectivity index (χ0) is 15.7. The van der Waals surface area contributed by atoms with Crippen LogP contribution in [0.5, 0.6) is 0 Å². The number of amides is 2. The highest BCUT2D eigenvalue weighted by atomic mass is 16.3. The van der Waals surface area contributed by atoms with Crippen LogP contribution in [0.15, 0.2) is 28.7 Å². The Labute approximate surface area is 129 Å². The van der Waals surface area contributed by atoms with Gasteiger partial charge in [0.1, 0.15) is 5.58 Å². The number of likely N-dealkylation sites (tertiary alicyclic amines) is 1. The van der Waals surface area contributed by atoms with Crippen LogP contribution in [0.4, 0.5) is 0 Å². The summed E-state index contributed by atoms with van der Waals surface area (Å²) >= 11 is 0. The Morgan fingerprint density at radius 1 is 1.32 bits per heavy atom. The quantitative estimate of drug-likeness (QED) is 0.946. The fourth-order valence-corrected chi connectivity index (χ4v) is 3.22. The van der Waals surface area contributed by atoms with Gasteiger partial charge in [0.25, 0.3) is 5.91 Å². The molecule has 22 heavy (non-hydrogen) atoms. The Morgan fingerprint density at radius 3 is 2.82 bits per heavy atom. The minimum absolute atomic E-state index is 0.119. The lowest BCUT2D eigenvalue weighted by Crippen LogP contribution is -2.45. The standard InChI is InChI=1S/C17H20N2O3/c1-11-13-7-2-3-8-14(13)22-16(11)17(21)19-9-5-4-6-12(19)10-15(18)20/h2-3,7-8,12H,4-6,9-10H2,1H3,(H2,18,20). The lowest BCUT2D eigenvalue weighted by molar-refractivity contribution is -0.119. The van der Waals surface area contributed by atoms with Crippen LogP contribution in [-0.4, -0.2) is 29.3 Å². The first-order chi connectivity index (χ1) is 10.6. The normalized spacial score (nSPS) is 18.6. The van der Waals surface area contributed by atoms with Gasteiger partial charge in [-0.25, -0.2) is 0 Å². The van der Waals surface area contributed by atoms with E-state index in [-0.39, 0.29) is 24.3 Å². The topological polar surface area (TPSA) is 76.5 Å². The van der Waals surface area contributed by atoms with Crippen molar-refractivity contribution in [2.75, 3.05) is 6.54 Å². The zero-order valence-electron chi connectivity index (χ0n) is 12.7. The molecule has 1 aliphatic rings. The summed E-state index contributed by atoms with van der Waals surface area (Å²) in [5, 5.41) is 0.953. The first kappa shape index (κ1) is 14.6. The molecule has 1 atom stereocenters. The smallest absolute Gasteiger partial charge is 0.290 e. The summed E-state index contributed by atoms with van der Waals surface area (Å²) in [6, 6.07) is 7.50. The van der Waals surface area contributed by atoms with E-state index < -0.39 is 0 Å². The van der Waals surface area contributed by atoms with E-state index in [2.05, 4.69) is 0 Å². The molecule has 0 aliphatic carbocycles. The van der Waals surface area contributed by atoms with Gasteiger partial charge in [-0.3, -0.25) is 9.59 Å². The monoisotopic (exact) mass is 300 g/mol. The van der Waals surface area contributed by atoms with Crippen LogP contribution < -0.4 is 5.73 Å². The summed E-state index contributed by atoms with van der Waals surface area (Å²) in [6.45, 7) is 2.54. The average Bonchev–Trinajstić information content (AvgIpc) is 2.84. The first-order valence-electron chi connectivity index (χ1n) is 7.65. The van der Waals surface area contributed by atoms with E-state index in [9.17, 15) is 9.59 Å². The molecule has 0 spiro atoms. The fraction of sp³-hybridized carbons (Fsp3) is 0.412. The van der Waals surface area contributed by atoms with E-state index in [0.717, 1.165) is 30.2 Å². The number of furan rings is 1. The van der Waals surface area contributed by atoms with Crippen LogP contribution in [0.2, 0.25) is 0 Å². The first-order valence-corrected chi connectivity index (χ1v) is 7.65. The third-order valence-electron chi connectivity index (χ3n) is 4.36. The van der Waals surface area contributed by atoms with Crippen LogP contribution in [0.25, 0.3) is 11.0 Å². The molecule has 2 N–H and O–H groups in total. The molecule has 1 aromatic carbocycles. The van der Waals surface area contributed by atoms with Gasteiger partial charge in [-0.2, -0.15) is 0 Å². The molecule has 1 aromatic heterocycles. The molecule has 2 heterocycles. The summed E-state index contributed by atoms with van der Waals surface area (Å²) in [7, 11) is 0. The Balaban J connectivity index is 1.93. The number of carbonyl (C=O) groups is 2. The van der Waals surface area contributed by atoms with Crippen molar-refractivity contribution in [3.63, 3.8) is 0 Å². The second-order valence-corrected chi connectivity index (χ2v) is 5.87. The summed E-state index contributed by atoms with van der Waals surface area (Å²) in [4.78, 5) is 25.9. The highest BCUT2D eigenvalue weighted by molar-refractivity contribution is 5.99. The number of primary amides is 1. The van der Waals surface area contributed by atoms with Gasteiger partial charge >= 0.3 is 0 Å². The van der Waals surface area contributed by atoms with E-state index in [1.165, 1.54) is 0 Å². The average molecular weight is 300 g/mol. The second kappa shape index (κ2) is 5.83. The molecular weight excluding hydrogens is 280 g/mol. The molecule has 5 nitrogen and oxygen atoms in total. The van der Waals surface area contributed by atoms with Crippen LogP contribution in [0.1, 0.15) is 41.8 Å². The maximum atomic E-state index is 12.9. The number of nitrogens with zero attached hydrogens (tertiary/aromatic N) is 1. The Bertz CT molecular complexity index is 720. The molecule has 0 radical (unpaired) electrons. The van der Waals surface area contributed by atoms with Gasteiger partial charge in [-0.1, -0.05) is 18.2 Å². The molecule has 3 rings (SSSR count). The summed E-state index contributed by atoms with van der Waals surface area (Å²) in [6.07, 6.45) is 2.99. The Kier molecular flexibility index (Phi) is 3.88. The highest BCUT2D eigenvalue weighted by Crippen LogP contribution is 2.28. The third kappa shape index (κ3) is 2.58. The van der Waals surface area contributed by atoms with Crippen molar-refractivity contribution in [1.82, 2.24) is 4.90 Å². The summed E-state index contributed by atoms with van der Waals surface area (Å²) in [5.74, 6) is -0.136. The molecule has 2 amide bonds. The molecule has 116 valence electrons. The number of carbonyl (C=O) groups excluding carboxylic acids is 2. The van der Waals surface area contributed by atoms with Crippen molar-refractivity contribution < 1.29 is 14.0 Å². The van der Waals surface area contributed by atoms with Gasteiger partial charge < -0.3 is 15.1 Å². The van der Waals surface area contributed by atoms with E-state index in [0.29, 0.717) is 17.9 Å². The molecule has 1 unspecified atom stereocenters. The van der Waals surface area contributed by atoms with E-state index in [4.69, 9.17) is 10.2 Å². The third-order valence-corrected chi connectivity index (χ3v) is 4.36. The molecule has 1 fully saturated rings. The van der Waals surface area contributed by atoms with Gasteiger partial charge in [0.15, 0.2) is 5.76 Å². The number of piperidine rings is 1. The number of fused-ring (bicyclic) bond motifs is 1. The number of hydrogen-bond acceptors (Lipinski definition) is 3. The van der Waals surface area contributed by atoms with Gasteiger partial charge in [-0.15, -0.1) is 0 Å². The predicted octanol–water partition coefficient (Wildman–Crippen LogP) is 2.61. The van der Waals surface area contributed by atoms with Crippen molar-refractivity contribution in [2.45, 2.75) is 38.6 Å². The van der Waals surface area contributed by atoms with Crippen molar-refractivity contribution in [3.8, 4) is 0 Å².